The lowest BCUT2D eigenvalue weighted by molar-refractivity contribution is 0.00674. The van der Waals surface area contributed by atoms with Crippen LogP contribution < -0.4 is 5.32 Å². The molecule has 1 amide bonds. The summed E-state index contributed by atoms with van der Waals surface area (Å²) in [7, 11) is 0. The zero-order chi connectivity index (χ0) is 16.1. The molecule has 1 atom stereocenters. The summed E-state index contributed by atoms with van der Waals surface area (Å²) >= 11 is 1.60. The quantitative estimate of drug-likeness (QED) is 0.875. The van der Waals surface area contributed by atoms with Crippen molar-refractivity contribution in [2.45, 2.75) is 40.2 Å². The second-order valence-electron chi connectivity index (χ2n) is 6.22. The number of hydrogen-bond donors (Lipinski definition) is 1. The summed E-state index contributed by atoms with van der Waals surface area (Å²) in [6.45, 7) is 12.9. The van der Waals surface area contributed by atoms with Crippen molar-refractivity contribution < 1.29 is 9.53 Å². The van der Waals surface area contributed by atoms with Gasteiger partial charge in [-0.2, -0.15) is 0 Å². The van der Waals surface area contributed by atoms with Crippen LogP contribution in [0.4, 0.5) is 0 Å². The molecule has 2 heterocycles. The van der Waals surface area contributed by atoms with Crippen LogP contribution in [0.25, 0.3) is 0 Å². The molecule has 0 aromatic carbocycles. The highest BCUT2D eigenvalue weighted by molar-refractivity contribution is 7.14. The molecule has 0 radical (unpaired) electrons. The number of aryl methyl sites for hydroxylation is 2. The molecular formula is C17H28N2O2S. The van der Waals surface area contributed by atoms with E-state index in [0.717, 1.165) is 37.6 Å². The number of rotatable bonds is 6. The number of morpholine rings is 1. The Balaban J connectivity index is 1.94. The van der Waals surface area contributed by atoms with Crippen molar-refractivity contribution in [3.05, 3.63) is 21.4 Å². The molecule has 1 saturated heterocycles. The fraction of sp³-hybridized carbons (Fsp3) is 0.706. The fourth-order valence-electron chi connectivity index (χ4n) is 2.96. The zero-order valence-corrected chi connectivity index (χ0v) is 15.0. The predicted octanol–water partition coefficient (Wildman–Crippen LogP) is 2.71. The van der Waals surface area contributed by atoms with E-state index < -0.39 is 0 Å². The van der Waals surface area contributed by atoms with E-state index in [0.29, 0.717) is 18.5 Å². The summed E-state index contributed by atoms with van der Waals surface area (Å²) in [6, 6.07) is 2.41. The lowest BCUT2D eigenvalue weighted by Crippen LogP contribution is -2.51. The van der Waals surface area contributed by atoms with Gasteiger partial charge < -0.3 is 10.1 Å². The van der Waals surface area contributed by atoms with Crippen molar-refractivity contribution in [1.29, 1.82) is 0 Å². The molecule has 0 bridgehead atoms. The Morgan fingerprint density at radius 3 is 2.64 bits per heavy atom. The number of thiophene rings is 1. The molecule has 4 nitrogen and oxygen atoms in total. The third-order valence-electron chi connectivity index (χ3n) is 4.38. The average Bonchev–Trinajstić information content (AvgIpc) is 2.89. The monoisotopic (exact) mass is 324 g/mol. The number of amides is 1. The normalized spacial score (nSPS) is 17.7. The maximum Gasteiger partial charge on any atom is 0.261 e. The van der Waals surface area contributed by atoms with E-state index in [1.54, 1.807) is 11.3 Å². The van der Waals surface area contributed by atoms with Crippen LogP contribution in [0.1, 0.15) is 40.9 Å². The van der Waals surface area contributed by atoms with Crippen LogP contribution in [0.2, 0.25) is 0 Å². The number of ether oxygens (including phenoxy) is 1. The van der Waals surface area contributed by atoms with Crippen molar-refractivity contribution in [2.75, 3.05) is 32.8 Å². The second-order valence-corrected chi connectivity index (χ2v) is 7.47. The number of nitrogens with one attached hydrogen (secondary N) is 1. The number of nitrogens with zero attached hydrogens (tertiary/aromatic N) is 1. The minimum absolute atomic E-state index is 0.0618. The van der Waals surface area contributed by atoms with Gasteiger partial charge in [0.15, 0.2) is 0 Å². The Kier molecular flexibility index (Phi) is 6.41. The van der Waals surface area contributed by atoms with Gasteiger partial charge in [0.05, 0.1) is 18.1 Å². The molecule has 1 aliphatic heterocycles. The van der Waals surface area contributed by atoms with E-state index >= 15 is 0 Å². The molecule has 1 fully saturated rings. The van der Waals surface area contributed by atoms with E-state index in [9.17, 15) is 4.79 Å². The molecule has 0 spiro atoms. The fourth-order valence-corrected chi connectivity index (χ4v) is 3.99. The van der Waals surface area contributed by atoms with Crippen molar-refractivity contribution in [3.63, 3.8) is 0 Å². The molecule has 0 aliphatic carbocycles. The van der Waals surface area contributed by atoms with Crippen molar-refractivity contribution >= 4 is 17.2 Å². The van der Waals surface area contributed by atoms with Crippen LogP contribution in [-0.2, 0) is 11.2 Å². The van der Waals surface area contributed by atoms with Gasteiger partial charge in [0.2, 0.25) is 0 Å². The van der Waals surface area contributed by atoms with E-state index in [2.05, 4.69) is 37.9 Å². The molecule has 1 aliphatic rings. The molecule has 1 unspecified atom stereocenters. The average molecular weight is 324 g/mol. The van der Waals surface area contributed by atoms with Crippen LogP contribution in [0, 0.1) is 12.8 Å². The Labute approximate surface area is 137 Å². The topological polar surface area (TPSA) is 41.6 Å². The summed E-state index contributed by atoms with van der Waals surface area (Å²) in [6.07, 6.45) is 0.984. The van der Waals surface area contributed by atoms with E-state index in [1.165, 1.54) is 10.4 Å². The third-order valence-corrected chi connectivity index (χ3v) is 5.47. The smallest absolute Gasteiger partial charge is 0.261 e. The molecule has 0 saturated carbocycles. The van der Waals surface area contributed by atoms with Gasteiger partial charge in [-0.25, -0.2) is 0 Å². The lowest BCUT2D eigenvalue weighted by Gasteiger charge is -2.36. The summed E-state index contributed by atoms with van der Waals surface area (Å²) in [5.74, 6) is 0.571. The van der Waals surface area contributed by atoms with Gasteiger partial charge in [-0.05, 0) is 30.9 Å². The standard InChI is InChI=1S/C17H28N2O2S/c1-5-14-10-16(22-13(14)4)17(20)18-11-15(12(2)3)19-6-8-21-9-7-19/h10,12,15H,5-9,11H2,1-4H3,(H,18,20). The molecule has 124 valence electrons. The summed E-state index contributed by atoms with van der Waals surface area (Å²) in [5.41, 5.74) is 1.28. The SMILES string of the molecule is CCc1cc(C(=O)NCC(C(C)C)N2CCOCC2)sc1C. The Morgan fingerprint density at radius 1 is 1.41 bits per heavy atom. The number of carbonyl (C=O) groups excluding carboxylic acids is 1. The maximum absolute atomic E-state index is 12.4. The highest BCUT2D eigenvalue weighted by Crippen LogP contribution is 2.22. The molecule has 5 heteroatoms. The van der Waals surface area contributed by atoms with Crippen LogP contribution in [0.15, 0.2) is 6.07 Å². The van der Waals surface area contributed by atoms with Crippen LogP contribution in [0.3, 0.4) is 0 Å². The van der Waals surface area contributed by atoms with Gasteiger partial charge in [-0.1, -0.05) is 20.8 Å². The molecule has 1 aromatic heterocycles. The van der Waals surface area contributed by atoms with Crippen LogP contribution in [0.5, 0.6) is 0 Å². The van der Waals surface area contributed by atoms with Crippen LogP contribution in [-0.4, -0.2) is 49.7 Å². The molecular weight excluding hydrogens is 296 g/mol. The minimum Gasteiger partial charge on any atom is -0.379 e. The maximum atomic E-state index is 12.4. The van der Waals surface area contributed by atoms with E-state index in [4.69, 9.17) is 4.74 Å². The lowest BCUT2D eigenvalue weighted by atomic mass is 10.0. The highest BCUT2D eigenvalue weighted by Gasteiger charge is 2.24. The third kappa shape index (κ3) is 4.31. The summed E-state index contributed by atoms with van der Waals surface area (Å²) in [5, 5.41) is 3.13. The molecule has 2 rings (SSSR count). The van der Waals surface area contributed by atoms with Gasteiger partial charge in [0.25, 0.3) is 5.91 Å². The number of hydrogen-bond acceptors (Lipinski definition) is 4. The summed E-state index contributed by atoms with van der Waals surface area (Å²) in [4.78, 5) is 16.9. The Hall–Kier alpha value is -0.910. The van der Waals surface area contributed by atoms with Gasteiger partial charge in [0.1, 0.15) is 0 Å². The summed E-state index contributed by atoms with van der Waals surface area (Å²) < 4.78 is 5.43. The zero-order valence-electron chi connectivity index (χ0n) is 14.1. The molecule has 22 heavy (non-hydrogen) atoms. The predicted molar refractivity (Wildman–Crippen MR) is 91.8 cm³/mol. The second kappa shape index (κ2) is 8.09. The van der Waals surface area contributed by atoms with Crippen molar-refractivity contribution in [1.82, 2.24) is 10.2 Å². The first kappa shape index (κ1) is 17.4. The van der Waals surface area contributed by atoms with Crippen LogP contribution >= 0.6 is 11.3 Å². The highest BCUT2D eigenvalue weighted by atomic mass is 32.1. The van der Waals surface area contributed by atoms with E-state index in [-0.39, 0.29) is 5.91 Å². The first-order valence-electron chi connectivity index (χ1n) is 8.22. The van der Waals surface area contributed by atoms with Gasteiger partial charge >= 0.3 is 0 Å². The first-order chi connectivity index (χ1) is 10.5. The van der Waals surface area contributed by atoms with Gasteiger partial charge in [-0.15, -0.1) is 11.3 Å². The Morgan fingerprint density at radius 2 is 2.09 bits per heavy atom. The van der Waals surface area contributed by atoms with E-state index in [1.807, 2.05) is 6.07 Å². The molecule has 1 aromatic rings. The largest absolute Gasteiger partial charge is 0.379 e. The first-order valence-corrected chi connectivity index (χ1v) is 9.03. The van der Waals surface area contributed by atoms with Gasteiger partial charge in [0, 0.05) is 30.6 Å². The molecule has 1 N–H and O–H groups in total. The minimum atomic E-state index is 0.0618. The Bertz CT molecular complexity index is 493. The number of carbonyl (C=O) groups is 1. The van der Waals surface area contributed by atoms with Crippen molar-refractivity contribution in [3.8, 4) is 0 Å². The van der Waals surface area contributed by atoms with Crippen molar-refractivity contribution in [2.24, 2.45) is 5.92 Å². The van der Waals surface area contributed by atoms with Gasteiger partial charge in [-0.3, -0.25) is 9.69 Å².